The first-order chi connectivity index (χ1) is 12.0. The van der Waals surface area contributed by atoms with Crippen LogP contribution in [0, 0.1) is 0 Å². The van der Waals surface area contributed by atoms with Crippen LogP contribution in [-0.2, 0) is 0 Å². The predicted molar refractivity (Wildman–Crippen MR) is 93.1 cm³/mol. The first kappa shape index (κ1) is 16.6. The van der Waals surface area contributed by atoms with Crippen molar-refractivity contribution >= 4 is 10.9 Å². The zero-order chi connectivity index (χ0) is 17.4. The first-order valence-corrected chi connectivity index (χ1v) is 9.13. The van der Waals surface area contributed by atoms with Crippen LogP contribution in [0.2, 0.25) is 0 Å². The van der Waals surface area contributed by atoms with Gasteiger partial charge in [-0.15, -0.1) is 0 Å². The van der Waals surface area contributed by atoms with Gasteiger partial charge in [-0.1, -0.05) is 12.1 Å². The number of nitrogens with zero attached hydrogens (tertiary/aromatic N) is 2. The third-order valence-electron chi connectivity index (χ3n) is 5.67. The first-order valence-electron chi connectivity index (χ1n) is 9.13. The summed E-state index contributed by atoms with van der Waals surface area (Å²) in [7, 11) is 0. The number of hydrogen-bond acceptors (Lipinski definition) is 3. The number of H-pyrrole nitrogens is 1. The highest BCUT2D eigenvalue weighted by Crippen LogP contribution is 2.37. The predicted octanol–water partition coefficient (Wildman–Crippen LogP) is 3.68. The Morgan fingerprint density at radius 3 is 2.72 bits per heavy atom. The second-order valence-corrected chi connectivity index (χ2v) is 7.39. The number of nitrogens with one attached hydrogen (secondary N) is 1. The minimum atomic E-state index is -2.49. The molecule has 1 N–H and O–H groups in total. The van der Waals surface area contributed by atoms with Gasteiger partial charge in [-0.05, 0) is 44.4 Å². The van der Waals surface area contributed by atoms with Crippen molar-refractivity contribution in [3.8, 4) is 0 Å². The number of aromatic amines is 1. The molecule has 1 aliphatic carbocycles. The highest BCUT2D eigenvalue weighted by molar-refractivity contribution is 5.77. The monoisotopic (exact) mass is 347 g/mol. The molecule has 4 rings (SSSR count). The molecule has 25 heavy (non-hydrogen) atoms. The molecule has 1 aromatic carbocycles. The van der Waals surface area contributed by atoms with Crippen molar-refractivity contribution in [1.82, 2.24) is 14.9 Å². The molecular weight excluding hydrogens is 324 g/mol. The van der Waals surface area contributed by atoms with E-state index in [2.05, 4.69) is 14.9 Å². The van der Waals surface area contributed by atoms with Crippen molar-refractivity contribution in [3.63, 3.8) is 0 Å². The maximum absolute atomic E-state index is 13.4. The molecule has 1 unspecified atom stereocenters. The SMILES string of the molecule is O=c1[nH]c(C2CCCN(C3CCC(F)(F)CC3)C2)nc2ccccc12. The Hall–Kier alpha value is -1.82. The minimum Gasteiger partial charge on any atom is -0.310 e. The number of piperidine rings is 1. The summed E-state index contributed by atoms with van der Waals surface area (Å²) in [6.07, 6.45) is 3.07. The van der Waals surface area contributed by atoms with Crippen LogP contribution in [0.5, 0.6) is 0 Å². The van der Waals surface area contributed by atoms with Crippen LogP contribution in [-0.4, -0.2) is 39.9 Å². The van der Waals surface area contributed by atoms with Gasteiger partial charge in [0.2, 0.25) is 5.92 Å². The van der Waals surface area contributed by atoms with Crippen LogP contribution in [0.25, 0.3) is 10.9 Å². The zero-order valence-corrected chi connectivity index (χ0v) is 14.2. The van der Waals surface area contributed by atoms with E-state index in [4.69, 9.17) is 0 Å². The molecule has 1 aliphatic heterocycles. The lowest BCUT2D eigenvalue weighted by Gasteiger charge is -2.41. The molecule has 2 aromatic rings. The molecule has 2 heterocycles. The molecule has 6 heteroatoms. The van der Waals surface area contributed by atoms with Crippen molar-refractivity contribution in [2.45, 2.75) is 56.4 Å². The van der Waals surface area contributed by atoms with Crippen LogP contribution >= 0.6 is 0 Å². The summed E-state index contributed by atoms with van der Waals surface area (Å²) in [6.45, 7) is 1.74. The van der Waals surface area contributed by atoms with Gasteiger partial charge in [0.25, 0.3) is 5.56 Å². The van der Waals surface area contributed by atoms with Gasteiger partial charge in [-0.3, -0.25) is 9.69 Å². The van der Waals surface area contributed by atoms with Gasteiger partial charge in [0, 0.05) is 31.3 Å². The molecular formula is C19H23F2N3O. The lowest BCUT2D eigenvalue weighted by molar-refractivity contribution is -0.0562. The van der Waals surface area contributed by atoms with Crippen LogP contribution in [0.1, 0.15) is 50.3 Å². The molecule has 1 aromatic heterocycles. The molecule has 2 aliphatic rings. The van der Waals surface area contributed by atoms with Crippen molar-refractivity contribution < 1.29 is 8.78 Å². The number of fused-ring (bicyclic) bond motifs is 1. The fourth-order valence-electron chi connectivity index (χ4n) is 4.25. The lowest BCUT2D eigenvalue weighted by atomic mass is 9.88. The maximum atomic E-state index is 13.4. The average Bonchev–Trinajstić information content (AvgIpc) is 2.62. The number of para-hydroxylation sites is 1. The molecule has 2 fully saturated rings. The zero-order valence-electron chi connectivity index (χ0n) is 14.2. The Labute approximate surface area is 145 Å². The quantitative estimate of drug-likeness (QED) is 0.901. The molecule has 134 valence electrons. The van der Waals surface area contributed by atoms with Crippen LogP contribution in [0.4, 0.5) is 8.78 Å². The number of aromatic nitrogens is 2. The third-order valence-corrected chi connectivity index (χ3v) is 5.67. The summed E-state index contributed by atoms with van der Waals surface area (Å²) in [5, 5.41) is 0.605. The number of alkyl halides is 2. The molecule has 0 spiro atoms. The van der Waals surface area contributed by atoms with E-state index in [1.807, 2.05) is 18.2 Å². The Balaban J connectivity index is 1.53. The minimum absolute atomic E-state index is 0.0100. The van der Waals surface area contributed by atoms with Crippen LogP contribution < -0.4 is 5.56 Å². The summed E-state index contributed by atoms with van der Waals surface area (Å²) >= 11 is 0. The van der Waals surface area contributed by atoms with Gasteiger partial charge in [-0.25, -0.2) is 13.8 Å². The molecule has 0 bridgehead atoms. The van der Waals surface area contributed by atoms with E-state index < -0.39 is 5.92 Å². The van der Waals surface area contributed by atoms with Gasteiger partial charge in [-0.2, -0.15) is 0 Å². The second kappa shape index (κ2) is 6.48. The summed E-state index contributed by atoms with van der Waals surface area (Å²) in [5.74, 6) is -1.60. The maximum Gasteiger partial charge on any atom is 0.258 e. The Morgan fingerprint density at radius 2 is 1.92 bits per heavy atom. The summed E-state index contributed by atoms with van der Waals surface area (Å²) in [5.41, 5.74) is 0.616. The molecule has 0 radical (unpaired) electrons. The topological polar surface area (TPSA) is 49.0 Å². The largest absolute Gasteiger partial charge is 0.310 e. The van der Waals surface area contributed by atoms with Crippen LogP contribution in [0.3, 0.4) is 0 Å². The third kappa shape index (κ3) is 3.45. The van der Waals surface area contributed by atoms with E-state index in [-0.39, 0.29) is 30.4 Å². The number of halogens is 2. The highest BCUT2D eigenvalue weighted by atomic mass is 19.3. The van der Waals surface area contributed by atoms with E-state index in [9.17, 15) is 13.6 Å². The van der Waals surface area contributed by atoms with Crippen molar-refractivity contribution in [1.29, 1.82) is 0 Å². The molecule has 1 saturated heterocycles. The van der Waals surface area contributed by atoms with E-state index >= 15 is 0 Å². The smallest absolute Gasteiger partial charge is 0.258 e. The summed E-state index contributed by atoms with van der Waals surface area (Å²) in [4.78, 5) is 22.2. The van der Waals surface area contributed by atoms with Gasteiger partial charge < -0.3 is 4.98 Å². The Kier molecular flexibility index (Phi) is 4.31. The molecule has 1 atom stereocenters. The summed E-state index contributed by atoms with van der Waals surface area (Å²) in [6, 6.07) is 7.58. The van der Waals surface area contributed by atoms with E-state index in [1.165, 1.54) is 0 Å². The normalized spacial score (nSPS) is 25.3. The molecule has 0 amide bonds. The van der Waals surface area contributed by atoms with E-state index in [0.29, 0.717) is 18.2 Å². The highest BCUT2D eigenvalue weighted by Gasteiger charge is 2.38. The number of rotatable bonds is 2. The van der Waals surface area contributed by atoms with Crippen molar-refractivity contribution in [2.75, 3.05) is 13.1 Å². The average molecular weight is 347 g/mol. The standard InChI is InChI=1S/C19H23F2N3O/c20-19(21)9-7-14(8-10-19)24-11-3-4-13(12-24)17-22-16-6-2-1-5-15(16)18(25)23-17/h1-2,5-6,13-14H,3-4,7-12H2,(H,22,23,25). The van der Waals surface area contributed by atoms with E-state index in [0.717, 1.165) is 37.3 Å². The van der Waals surface area contributed by atoms with Crippen LogP contribution in [0.15, 0.2) is 29.1 Å². The Morgan fingerprint density at radius 1 is 1.16 bits per heavy atom. The fourth-order valence-corrected chi connectivity index (χ4v) is 4.25. The van der Waals surface area contributed by atoms with Crippen molar-refractivity contribution in [3.05, 3.63) is 40.4 Å². The number of likely N-dealkylation sites (tertiary alicyclic amines) is 1. The lowest BCUT2D eigenvalue weighted by Crippen LogP contribution is -2.45. The molecule has 4 nitrogen and oxygen atoms in total. The second-order valence-electron chi connectivity index (χ2n) is 7.39. The number of hydrogen-bond donors (Lipinski definition) is 1. The fraction of sp³-hybridized carbons (Fsp3) is 0.579. The number of benzene rings is 1. The van der Waals surface area contributed by atoms with E-state index in [1.54, 1.807) is 6.07 Å². The van der Waals surface area contributed by atoms with Crippen molar-refractivity contribution in [2.24, 2.45) is 0 Å². The summed E-state index contributed by atoms with van der Waals surface area (Å²) < 4.78 is 26.8. The molecule has 1 saturated carbocycles. The van der Waals surface area contributed by atoms with Gasteiger partial charge in [0.1, 0.15) is 5.82 Å². The van der Waals surface area contributed by atoms with Gasteiger partial charge in [0.15, 0.2) is 0 Å². The van der Waals surface area contributed by atoms with Gasteiger partial charge >= 0.3 is 0 Å². The Bertz CT molecular complexity index is 810. The van der Waals surface area contributed by atoms with Gasteiger partial charge in [0.05, 0.1) is 10.9 Å².